The first-order valence-corrected chi connectivity index (χ1v) is 8.85. The van der Waals surface area contributed by atoms with Gasteiger partial charge in [-0.15, -0.1) is 0 Å². The van der Waals surface area contributed by atoms with E-state index < -0.39 is 0 Å². The van der Waals surface area contributed by atoms with Crippen molar-refractivity contribution in [2.75, 3.05) is 0 Å². The van der Waals surface area contributed by atoms with E-state index in [0.29, 0.717) is 5.71 Å². The normalized spacial score (nSPS) is 12.8. The average Bonchev–Trinajstić information content (AvgIpc) is 2.64. The molecule has 3 rings (SSSR count). The number of hydrogen-bond acceptors (Lipinski definition) is 3. The molecule has 0 bridgehead atoms. The van der Waals surface area contributed by atoms with Crippen LogP contribution in [0.15, 0.2) is 76.6 Å². The second-order valence-electron chi connectivity index (χ2n) is 6.00. The minimum atomic E-state index is -0.136. The van der Waals surface area contributed by atoms with Crippen LogP contribution in [0.25, 0.3) is 11.1 Å². The zero-order valence-corrected chi connectivity index (χ0v) is 15.7. The van der Waals surface area contributed by atoms with Gasteiger partial charge in [-0.3, -0.25) is 4.98 Å². The Kier molecular flexibility index (Phi) is 5.29. The number of oxime groups is 1. The van der Waals surface area contributed by atoms with Crippen LogP contribution in [0.3, 0.4) is 0 Å². The summed E-state index contributed by atoms with van der Waals surface area (Å²) in [5.74, 6) is -0.136. The molecule has 1 atom stereocenters. The predicted octanol–water partition coefficient (Wildman–Crippen LogP) is 5.80. The lowest BCUT2D eigenvalue weighted by Crippen LogP contribution is -2.14. The molecule has 4 heteroatoms. The van der Waals surface area contributed by atoms with E-state index in [4.69, 9.17) is 0 Å². The lowest BCUT2D eigenvalue weighted by atomic mass is 9.82. The molecule has 1 N–H and O–H groups in total. The van der Waals surface area contributed by atoms with Crippen LogP contribution in [0.2, 0.25) is 0 Å². The number of aromatic nitrogens is 1. The maximum atomic E-state index is 9.49. The number of nitrogens with zero attached hydrogens (tertiary/aromatic N) is 2. The summed E-state index contributed by atoms with van der Waals surface area (Å²) in [5, 5.41) is 13.0. The van der Waals surface area contributed by atoms with Gasteiger partial charge in [-0.05, 0) is 54.3 Å². The third-order valence-electron chi connectivity index (χ3n) is 4.38. The van der Waals surface area contributed by atoms with Gasteiger partial charge in [0.25, 0.3) is 0 Å². The van der Waals surface area contributed by atoms with Crippen molar-refractivity contribution in [1.29, 1.82) is 0 Å². The molecule has 0 spiro atoms. The van der Waals surface area contributed by atoms with Crippen LogP contribution in [0.1, 0.15) is 29.5 Å². The molecule has 126 valence electrons. The minimum Gasteiger partial charge on any atom is -0.411 e. The van der Waals surface area contributed by atoms with Crippen LogP contribution in [0.4, 0.5) is 0 Å². The van der Waals surface area contributed by atoms with Crippen molar-refractivity contribution in [2.45, 2.75) is 19.8 Å². The molecule has 3 aromatic rings. The van der Waals surface area contributed by atoms with Gasteiger partial charge >= 0.3 is 0 Å². The molecular weight excluding hydrogens is 376 g/mol. The molecule has 0 radical (unpaired) electrons. The van der Waals surface area contributed by atoms with E-state index in [-0.39, 0.29) is 5.92 Å². The fourth-order valence-electron chi connectivity index (χ4n) is 3.14. The summed E-state index contributed by atoms with van der Waals surface area (Å²) < 4.78 is 1.01. The summed E-state index contributed by atoms with van der Waals surface area (Å²) in [6.07, 6.45) is 3.65. The van der Waals surface area contributed by atoms with Crippen molar-refractivity contribution in [3.05, 3.63) is 88.2 Å². The van der Waals surface area contributed by atoms with Gasteiger partial charge in [-0.2, -0.15) is 0 Å². The van der Waals surface area contributed by atoms with E-state index in [0.717, 1.165) is 32.3 Å². The molecule has 0 saturated heterocycles. The standard InChI is InChI=1S/C21H19BrN2O/c1-14-6-3-4-9-18(14)21(15(2)24-25)19-10-11-23-13-20(19)16-7-5-8-17(22)12-16/h3-13,21,25H,1-2H3. The third kappa shape index (κ3) is 3.64. The van der Waals surface area contributed by atoms with Crippen molar-refractivity contribution in [3.63, 3.8) is 0 Å². The number of aryl methyl sites for hydroxylation is 1. The van der Waals surface area contributed by atoms with Crippen LogP contribution in [-0.4, -0.2) is 15.9 Å². The monoisotopic (exact) mass is 394 g/mol. The Bertz CT molecular complexity index is 921. The summed E-state index contributed by atoms with van der Waals surface area (Å²) in [6, 6.07) is 18.3. The fourth-order valence-corrected chi connectivity index (χ4v) is 3.54. The number of rotatable bonds is 4. The summed E-state index contributed by atoms with van der Waals surface area (Å²) in [7, 11) is 0. The predicted molar refractivity (Wildman–Crippen MR) is 105 cm³/mol. The minimum absolute atomic E-state index is 0.136. The van der Waals surface area contributed by atoms with Crippen molar-refractivity contribution < 1.29 is 5.21 Å². The van der Waals surface area contributed by atoms with Gasteiger partial charge in [0, 0.05) is 22.4 Å². The molecule has 25 heavy (non-hydrogen) atoms. The highest BCUT2D eigenvalue weighted by Crippen LogP contribution is 2.35. The second-order valence-corrected chi connectivity index (χ2v) is 6.92. The van der Waals surface area contributed by atoms with E-state index in [1.165, 1.54) is 0 Å². The zero-order chi connectivity index (χ0) is 17.8. The van der Waals surface area contributed by atoms with Crippen molar-refractivity contribution in [3.8, 4) is 11.1 Å². The first kappa shape index (κ1) is 17.4. The molecule has 0 aliphatic rings. The number of halogens is 1. The van der Waals surface area contributed by atoms with E-state index >= 15 is 0 Å². The Morgan fingerprint density at radius 1 is 1.08 bits per heavy atom. The first-order chi connectivity index (χ1) is 12.1. The van der Waals surface area contributed by atoms with E-state index in [1.807, 2.05) is 43.5 Å². The maximum Gasteiger partial charge on any atom is 0.0658 e. The average molecular weight is 395 g/mol. The number of pyridine rings is 1. The van der Waals surface area contributed by atoms with Gasteiger partial charge in [-0.1, -0.05) is 57.5 Å². The molecule has 0 amide bonds. The molecule has 1 heterocycles. The van der Waals surface area contributed by atoms with Crippen molar-refractivity contribution in [2.24, 2.45) is 5.16 Å². The Balaban J connectivity index is 2.23. The van der Waals surface area contributed by atoms with E-state index in [2.05, 4.69) is 57.3 Å². The van der Waals surface area contributed by atoms with Crippen LogP contribution >= 0.6 is 15.9 Å². The summed E-state index contributed by atoms with van der Waals surface area (Å²) in [4.78, 5) is 4.32. The van der Waals surface area contributed by atoms with Gasteiger partial charge < -0.3 is 5.21 Å². The van der Waals surface area contributed by atoms with Crippen LogP contribution in [0, 0.1) is 6.92 Å². The molecule has 1 unspecified atom stereocenters. The quantitative estimate of drug-likeness (QED) is 0.345. The molecule has 2 aromatic carbocycles. The Hall–Kier alpha value is -2.46. The topological polar surface area (TPSA) is 45.5 Å². The molecule has 0 aliphatic heterocycles. The fraction of sp³-hybridized carbons (Fsp3) is 0.143. The molecule has 0 saturated carbocycles. The summed E-state index contributed by atoms with van der Waals surface area (Å²) in [5.41, 5.74) is 6.10. The van der Waals surface area contributed by atoms with Crippen molar-refractivity contribution in [1.82, 2.24) is 4.98 Å². The van der Waals surface area contributed by atoms with Gasteiger partial charge in [-0.25, -0.2) is 0 Å². The first-order valence-electron chi connectivity index (χ1n) is 8.05. The second kappa shape index (κ2) is 7.62. The van der Waals surface area contributed by atoms with E-state index in [9.17, 15) is 5.21 Å². The number of benzene rings is 2. The van der Waals surface area contributed by atoms with Gasteiger partial charge in [0.2, 0.25) is 0 Å². The Labute approximate surface area is 156 Å². The molecule has 0 aliphatic carbocycles. The molecule has 3 nitrogen and oxygen atoms in total. The highest BCUT2D eigenvalue weighted by Gasteiger charge is 2.23. The Morgan fingerprint density at radius 2 is 1.88 bits per heavy atom. The smallest absolute Gasteiger partial charge is 0.0658 e. The lowest BCUT2D eigenvalue weighted by molar-refractivity contribution is 0.317. The third-order valence-corrected chi connectivity index (χ3v) is 4.87. The Morgan fingerprint density at radius 3 is 2.60 bits per heavy atom. The molecule has 1 aromatic heterocycles. The summed E-state index contributed by atoms with van der Waals surface area (Å²) >= 11 is 3.54. The van der Waals surface area contributed by atoms with Crippen LogP contribution in [-0.2, 0) is 0 Å². The van der Waals surface area contributed by atoms with Gasteiger partial charge in [0.1, 0.15) is 0 Å². The molecule has 0 fully saturated rings. The number of hydrogen-bond donors (Lipinski definition) is 1. The SMILES string of the molecule is CC(=NO)C(c1ccccc1C)c1ccncc1-c1cccc(Br)c1. The van der Waals surface area contributed by atoms with E-state index in [1.54, 1.807) is 6.20 Å². The largest absolute Gasteiger partial charge is 0.411 e. The highest BCUT2D eigenvalue weighted by atomic mass is 79.9. The summed E-state index contributed by atoms with van der Waals surface area (Å²) in [6.45, 7) is 3.93. The van der Waals surface area contributed by atoms with Gasteiger partial charge in [0.15, 0.2) is 0 Å². The molecular formula is C21H19BrN2O. The zero-order valence-electron chi connectivity index (χ0n) is 14.1. The van der Waals surface area contributed by atoms with Crippen LogP contribution in [0.5, 0.6) is 0 Å². The van der Waals surface area contributed by atoms with Gasteiger partial charge in [0.05, 0.1) is 11.6 Å². The highest BCUT2D eigenvalue weighted by molar-refractivity contribution is 9.10. The van der Waals surface area contributed by atoms with Crippen LogP contribution < -0.4 is 0 Å². The lowest BCUT2D eigenvalue weighted by Gasteiger charge is -2.22. The maximum absolute atomic E-state index is 9.49. The van der Waals surface area contributed by atoms with Crippen molar-refractivity contribution >= 4 is 21.6 Å².